The maximum absolute atomic E-state index is 12.9. The van der Waals surface area contributed by atoms with Crippen LogP contribution in [0.3, 0.4) is 0 Å². The van der Waals surface area contributed by atoms with Crippen LogP contribution >= 0.6 is 0 Å². The van der Waals surface area contributed by atoms with E-state index in [2.05, 4.69) is 6.08 Å². The van der Waals surface area contributed by atoms with Crippen LogP contribution < -0.4 is 0 Å². The van der Waals surface area contributed by atoms with E-state index in [1.54, 1.807) is 0 Å². The average Bonchev–Trinajstić information content (AvgIpc) is 3.03. The molecule has 2 aliphatic heterocycles. The lowest BCUT2D eigenvalue weighted by molar-refractivity contribution is -0.145. The van der Waals surface area contributed by atoms with Gasteiger partial charge in [0.2, 0.25) is 11.8 Å². The topological polar surface area (TPSA) is 49.9 Å². The average molecular weight is 346 g/mol. The molecule has 2 saturated heterocycles. The molecule has 2 amide bonds. The molecule has 5 heteroatoms. The lowest BCUT2D eigenvalue weighted by Crippen LogP contribution is -2.49. The van der Waals surface area contributed by atoms with Gasteiger partial charge in [-0.15, -0.1) is 0 Å². The van der Waals surface area contributed by atoms with Gasteiger partial charge in [0.25, 0.3) is 0 Å². The number of allylic oxidation sites excluding steroid dienone is 1. The summed E-state index contributed by atoms with van der Waals surface area (Å²) in [6.45, 7) is 7.15. The van der Waals surface area contributed by atoms with Gasteiger partial charge in [-0.3, -0.25) is 9.59 Å². The number of carbonyl (C=O) groups is 2. The Kier molecular flexibility index (Phi) is 4.38. The number of morpholine rings is 1. The monoisotopic (exact) mass is 346 g/mol. The van der Waals surface area contributed by atoms with Crippen molar-refractivity contribution in [1.29, 1.82) is 0 Å². The SMILES string of the molecule is C[C@@H]1CN(C(=O)[C@@H]2CC23CCN(C(=O)C2=CCCC2)CC3)C[C@H](C)O1. The molecule has 0 aromatic rings. The van der Waals surface area contributed by atoms with Crippen molar-refractivity contribution in [2.45, 2.75) is 64.6 Å². The molecule has 3 atom stereocenters. The summed E-state index contributed by atoms with van der Waals surface area (Å²) in [7, 11) is 0. The van der Waals surface area contributed by atoms with Gasteiger partial charge in [0.15, 0.2) is 0 Å². The van der Waals surface area contributed by atoms with Crippen LogP contribution in [0, 0.1) is 11.3 Å². The van der Waals surface area contributed by atoms with Crippen LogP contribution in [0.2, 0.25) is 0 Å². The molecule has 1 saturated carbocycles. The van der Waals surface area contributed by atoms with Crippen LogP contribution in [-0.2, 0) is 14.3 Å². The first-order valence-corrected chi connectivity index (χ1v) is 9.91. The van der Waals surface area contributed by atoms with Crippen LogP contribution in [0.4, 0.5) is 0 Å². The van der Waals surface area contributed by atoms with Crippen molar-refractivity contribution >= 4 is 11.8 Å². The number of hydrogen-bond donors (Lipinski definition) is 0. The van der Waals surface area contributed by atoms with Crippen LogP contribution in [0.1, 0.15) is 52.4 Å². The van der Waals surface area contributed by atoms with E-state index in [1.807, 2.05) is 23.6 Å². The number of piperidine rings is 1. The Balaban J connectivity index is 1.32. The summed E-state index contributed by atoms with van der Waals surface area (Å²) < 4.78 is 5.75. The van der Waals surface area contributed by atoms with E-state index in [4.69, 9.17) is 4.74 Å². The molecule has 25 heavy (non-hydrogen) atoms. The predicted molar refractivity (Wildman–Crippen MR) is 94.9 cm³/mol. The highest BCUT2D eigenvalue weighted by Crippen LogP contribution is 2.60. The highest BCUT2D eigenvalue weighted by Gasteiger charge is 2.59. The molecule has 0 bridgehead atoms. The van der Waals surface area contributed by atoms with Crippen molar-refractivity contribution in [3.8, 4) is 0 Å². The summed E-state index contributed by atoms with van der Waals surface area (Å²) in [5.41, 5.74) is 1.18. The molecule has 0 aromatic carbocycles. The second-order valence-corrected chi connectivity index (χ2v) is 8.53. The molecular weight excluding hydrogens is 316 g/mol. The molecule has 0 aromatic heterocycles. The van der Waals surface area contributed by atoms with E-state index >= 15 is 0 Å². The fourth-order valence-corrected chi connectivity index (χ4v) is 5.05. The molecule has 0 N–H and O–H groups in total. The summed E-state index contributed by atoms with van der Waals surface area (Å²) in [4.78, 5) is 29.5. The highest BCUT2D eigenvalue weighted by molar-refractivity contribution is 5.94. The van der Waals surface area contributed by atoms with Crippen molar-refractivity contribution in [3.63, 3.8) is 0 Å². The molecule has 138 valence electrons. The van der Waals surface area contributed by atoms with Gasteiger partial charge in [-0.1, -0.05) is 6.08 Å². The first kappa shape index (κ1) is 17.1. The Bertz CT molecular complexity index is 582. The zero-order valence-corrected chi connectivity index (χ0v) is 15.5. The summed E-state index contributed by atoms with van der Waals surface area (Å²) in [5, 5.41) is 0. The largest absolute Gasteiger partial charge is 0.372 e. The Morgan fingerprint density at radius 1 is 1.12 bits per heavy atom. The lowest BCUT2D eigenvalue weighted by atomic mass is 9.90. The third kappa shape index (κ3) is 3.23. The molecule has 5 nitrogen and oxygen atoms in total. The van der Waals surface area contributed by atoms with Gasteiger partial charge in [0.1, 0.15) is 0 Å². The second-order valence-electron chi connectivity index (χ2n) is 8.53. The fraction of sp³-hybridized carbons (Fsp3) is 0.800. The van der Waals surface area contributed by atoms with Gasteiger partial charge in [-0.2, -0.15) is 0 Å². The van der Waals surface area contributed by atoms with Crippen LogP contribution in [0.15, 0.2) is 11.6 Å². The smallest absolute Gasteiger partial charge is 0.249 e. The fourth-order valence-electron chi connectivity index (χ4n) is 5.05. The van der Waals surface area contributed by atoms with Gasteiger partial charge in [-0.25, -0.2) is 0 Å². The number of carbonyl (C=O) groups excluding carboxylic acids is 2. The number of ether oxygens (including phenoxy) is 1. The minimum absolute atomic E-state index is 0.126. The highest BCUT2D eigenvalue weighted by atomic mass is 16.5. The normalized spacial score (nSPS) is 34.2. The van der Waals surface area contributed by atoms with E-state index in [1.165, 1.54) is 0 Å². The molecule has 0 unspecified atom stereocenters. The molecule has 1 spiro atoms. The molecule has 2 aliphatic carbocycles. The van der Waals surface area contributed by atoms with Crippen LogP contribution in [-0.4, -0.2) is 60.0 Å². The number of nitrogens with zero attached hydrogens (tertiary/aromatic N) is 2. The molecule has 3 fully saturated rings. The van der Waals surface area contributed by atoms with E-state index in [0.29, 0.717) is 19.0 Å². The third-order valence-corrected chi connectivity index (χ3v) is 6.58. The molecule has 0 radical (unpaired) electrons. The number of rotatable bonds is 2. The van der Waals surface area contributed by atoms with E-state index in [-0.39, 0.29) is 29.4 Å². The number of hydrogen-bond acceptors (Lipinski definition) is 3. The molecular formula is C20H30N2O3. The van der Waals surface area contributed by atoms with Crippen molar-refractivity contribution in [2.75, 3.05) is 26.2 Å². The van der Waals surface area contributed by atoms with Gasteiger partial charge in [0.05, 0.1) is 12.2 Å². The van der Waals surface area contributed by atoms with Crippen molar-refractivity contribution in [3.05, 3.63) is 11.6 Å². The minimum atomic E-state index is 0.126. The second kappa shape index (κ2) is 6.42. The quantitative estimate of drug-likeness (QED) is 0.771. The maximum atomic E-state index is 12.9. The van der Waals surface area contributed by atoms with Gasteiger partial charge >= 0.3 is 0 Å². The zero-order chi connectivity index (χ0) is 17.6. The molecule has 4 aliphatic rings. The molecule has 2 heterocycles. The summed E-state index contributed by atoms with van der Waals surface area (Å²) in [6.07, 6.45) is 8.44. The molecule has 4 rings (SSSR count). The summed E-state index contributed by atoms with van der Waals surface area (Å²) in [6, 6.07) is 0. The van der Waals surface area contributed by atoms with Crippen molar-refractivity contribution in [1.82, 2.24) is 9.80 Å². The van der Waals surface area contributed by atoms with Crippen molar-refractivity contribution in [2.24, 2.45) is 11.3 Å². The first-order valence-electron chi connectivity index (χ1n) is 9.91. The van der Waals surface area contributed by atoms with Crippen molar-refractivity contribution < 1.29 is 14.3 Å². The predicted octanol–water partition coefficient (Wildman–Crippen LogP) is 2.36. The van der Waals surface area contributed by atoms with E-state index < -0.39 is 0 Å². The maximum Gasteiger partial charge on any atom is 0.249 e. The Morgan fingerprint density at radius 2 is 1.80 bits per heavy atom. The zero-order valence-electron chi connectivity index (χ0n) is 15.5. The first-order chi connectivity index (χ1) is 12.0. The van der Waals surface area contributed by atoms with E-state index in [0.717, 1.165) is 57.2 Å². The van der Waals surface area contributed by atoms with Crippen LogP contribution in [0.25, 0.3) is 0 Å². The minimum Gasteiger partial charge on any atom is -0.372 e. The Morgan fingerprint density at radius 3 is 2.40 bits per heavy atom. The standard InChI is InChI=1S/C20H30N2O3/c1-14-12-22(13-15(2)25-14)19(24)17-11-20(17)7-9-21(10-8-20)18(23)16-5-3-4-6-16/h5,14-15,17H,3-4,6-13H2,1-2H3/t14-,15+,17-/m0/s1. The van der Waals surface area contributed by atoms with Crippen LogP contribution in [0.5, 0.6) is 0 Å². The van der Waals surface area contributed by atoms with Gasteiger partial charge < -0.3 is 14.5 Å². The Hall–Kier alpha value is -1.36. The van der Waals surface area contributed by atoms with E-state index in [9.17, 15) is 9.59 Å². The van der Waals surface area contributed by atoms with Gasteiger partial charge in [0, 0.05) is 37.7 Å². The van der Waals surface area contributed by atoms with Gasteiger partial charge in [-0.05, 0) is 57.8 Å². The lowest BCUT2D eigenvalue weighted by Gasteiger charge is -2.37. The number of likely N-dealkylation sites (tertiary alicyclic amines) is 1. The Labute approximate surface area is 150 Å². The summed E-state index contributed by atoms with van der Waals surface area (Å²) >= 11 is 0. The third-order valence-electron chi connectivity index (χ3n) is 6.58. The summed E-state index contributed by atoms with van der Waals surface area (Å²) in [5.74, 6) is 0.736. The number of amides is 2.